The molecule has 7 nitrogen and oxygen atoms in total. The first-order valence-electron chi connectivity index (χ1n) is 8.88. The average molecular weight is 332 g/mol. The van der Waals surface area contributed by atoms with Crippen molar-refractivity contribution >= 4 is 11.9 Å². The maximum absolute atomic E-state index is 11.8. The summed E-state index contributed by atoms with van der Waals surface area (Å²) >= 11 is 0. The molecule has 0 radical (unpaired) electrons. The van der Waals surface area contributed by atoms with E-state index in [0.717, 1.165) is 32.1 Å². The smallest absolute Gasteiger partial charge is 0.239 e. The molecule has 0 bridgehead atoms. The van der Waals surface area contributed by atoms with Crippen LogP contribution in [0.2, 0.25) is 0 Å². The van der Waals surface area contributed by atoms with Gasteiger partial charge in [-0.25, -0.2) is 0 Å². The molecular weight excluding hydrogens is 304 g/mol. The van der Waals surface area contributed by atoms with Gasteiger partial charge < -0.3 is 16.0 Å². The molecule has 0 aliphatic heterocycles. The molecule has 0 spiro atoms. The van der Waals surface area contributed by atoms with Crippen LogP contribution in [-0.2, 0) is 17.6 Å². The molecule has 7 heteroatoms. The molecule has 1 aromatic heterocycles. The van der Waals surface area contributed by atoms with E-state index in [1.165, 1.54) is 11.3 Å². The van der Waals surface area contributed by atoms with Crippen LogP contribution in [0, 0.1) is 0 Å². The maximum atomic E-state index is 11.8. The Morgan fingerprint density at radius 1 is 1.33 bits per heavy atom. The summed E-state index contributed by atoms with van der Waals surface area (Å²) in [5.74, 6) is 0.708. The topological polar surface area (TPSA) is 83.3 Å². The van der Waals surface area contributed by atoms with Gasteiger partial charge in [-0.3, -0.25) is 14.5 Å². The van der Waals surface area contributed by atoms with Crippen molar-refractivity contribution in [1.82, 2.24) is 25.7 Å². The van der Waals surface area contributed by atoms with Gasteiger partial charge in [0, 0.05) is 37.8 Å². The number of carbonyl (C=O) groups excluding carboxylic acids is 1. The highest BCUT2D eigenvalue weighted by Crippen LogP contribution is 2.21. The van der Waals surface area contributed by atoms with Gasteiger partial charge in [-0.2, -0.15) is 5.10 Å². The van der Waals surface area contributed by atoms with Crippen molar-refractivity contribution in [2.24, 2.45) is 4.99 Å². The Morgan fingerprint density at radius 2 is 2.12 bits per heavy atom. The highest BCUT2D eigenvalue weighted by Gasteiger charge is 2.24. The molecule has 1 aromatic rings. The van der Waals surface area contributed by atoms with Gasteiger partial charge in [-0.1, -0.05) is 0 Å². The molecule has 1 fully saturated rings. The zero-order valence-electron chi connectivity index (χ0n) is 14.8. The van der Waals surface area contributed by atoms with Crippen LogP contribution in [0.25, 0.3) is 0 Å². The van der Waals surface area contributed by atoms with Crippen molar-refractivity contribution in [3.63, 3.8) is 0 Å². The third-order valence-electron chi connectivity index (χ3n) is 4.55. The summed E-state index contributed by atoms with van der Waals surface area (Å²) in [5.41, 5.74) is 2.53. The summed E-state index contributed by atoms with van der Waals surface area (Å²) in [6, 6.07) is 1.08. The average Bonchev–Trinajstić information content (AvgIpc) is 3.25. The van der Waals surface area contributed by atoms with Crippen molar-refractivity contribution in [3.05, 3.63) is 17.5 Å². The van der Waals surface area contributed by atoms with Gasteiger partial charge in [-0.05, 0) is 45.1 Å². The molecule has 3 N–H and O–H groups in total. The number of guanidine groups is 1. The van der Waals surface area contributed by atoms with Gasteiger partial charge in [0.15, 0.2) is 5.96 Å². The third kappa shape index (κ3) is 4.27. The standard InChI is InChI=1S/C17H28N6O/c1-11(2)23-10-12-4-5-14(8-15(12)22-23)21-17(18-3)19-9-16(24)20-13-6-7-13/h10-11,13-14H,4-9H2,1-3H3,(H,20,24)(H2,18,19,21). The van der Waals surface area contributed by atoms with E-state index < -0.39 is 0 Å². The predicted molar refractivity (Wildman–Crippen MR) is 94.1 cm³/mol. The van der Waals surface area contributed by atoms with Gasteiger partial charge in [0.2, 0.25) is 5.91 Å². The SMILES string of the molecule is CN=C(NCC(=O)NC1CC1)NC1CCc2cn(C(C)C)nc2C1. The van der Waals surface area contributed by atoms with Gasteiger partial charge in [0.25, 0.3) is 0 Å². The van der Waals surface area contributed by atoms with Gasteiger partial charge in [0.05, 0.1) is 12.2 Å². The second-order valence-electron chi connectivity index (χ2n) is 7.03. The number of hydrogen-bond donors (Lipinski definition) is 3. The Bertz CT molecular complexity index is 617. The van der Waals surface area contributed by atoms with E-state index in [1.54, 1.807) is 7.05 Å². The minimum Gasteiger partial charge on any atom is -0.353 e. The maximum Gasteiger partial charge on any atom is 0.239 e. The van der Waals surface area contributed by atoms with Crippen LogP contribution in [0.1, 0.15) is 50.4 Å². The summed E-state index contributed by atoms with van der Waals surface area (Å²) in [4.78, 5) is 16.0. The molecule has 1 unspecified atom stereocenters. The first-order chi connectivity index (χ1) is 11.5. The lowest BCUT2D eigenvalue weighted by Crippen LogP contribution is -2.48. The van der Waals surface area contributed by atoms with Crippen LogP contribution in [0.5, 0.6) is 0 Å². The number of carbonyl (C=O) groups is 1. The van der Waals surface area contributed by atoms with Crippen LogP contribution in [0.3, 0.4) is 0 Å². The first kappa shape index (κ1) is 16.8. The van der Waals surface area contributed by atoms with Gasteiger partial charge >= 0.3 is 0 Å². The normalized spacial score (nSPS) is 20.7. The molecule has 1 atom stereocenters. The number of aryl methyl sites for hydroxylation is 1. The number of hydrogen-bond acceptors (Lipinski definition) is 3. The second-order valence-corrected chi connectivity index (χ2v) is 7.03. The zero-order chi connectivity index (χ0) is 17.1. The summed E-state index contributed by atoms with van der Waals surface area (Å²) in [7, 11) is 1.73. The van der Waals surface area contributed by atoms with Gasteiger partial charge in [0.1, 0.15) is 0 Å². The number of nitrogens with zero attached hydrogens (tertiary/aromatic N) is 3. The van der Waals surface area contributed by atoms with Gasteiger partial charge in [-0.15, -0.1) is 0 Å². The molecule has 2 aliphatic carbocycles. The monoisotopic (exact) mass is 332 g/mol. The third-order valence-corrected chi connectivity index (χ3v) is 4.55. The minimum atomic E-state index is 0.0297. The molecule has 0 saturated heterocycles. The van der Waals surface area contributed by atoms with Crippen LogP contribution >= 0.6 is 0 Å². The Balaban J connectivity index is 1.49. The largest absolute Gasteiger partial charge is 0.353 e. The lowest BCUT2D eigenvalue weighted by Gasteiger charge is -2.24. The van der Waals surface area contributed by atoms with E-state index in [-0.39, 0.29) is 12.5 Å². The first-order valence-corrected chi connectivity index (χ1v) is 8.88. The zero-order valence-corrected chi connectivity index (χ0v) is 14.8. The number of rotatable bonds is 5. The van der Waals surface area contributed by atoms with E-state index in [9.17, 15) is 4.79 Å². The van der Waals surface area contributed by atoms with E-state index in [1.807, 2.05) is 4.68 Å². The lowest BCUT2D eigenvalue weighted by molar-refractivity contribution is -0.120. The van der Waals surface area contributed by atoms with E-state index in [2.05, 4.69) is 41.0 Å². The van der Waals surface area contributed by atoms with Crippen molar-refractivity contribution in [1.29, 1.82) is 0 Å². The molecular formula is C17H28N6O. The fourth-order valence-corrected chi connectivity index (χ4v) is 2.96. The highest BCUT2D eigenvalue weighted by atomic mass is 16.2. The van der Waals surface area contributed by atoms with Crippen LogP contribution in [0.15, 0.2) is 11.2 Å². The van der Waals surface area contributed by atoms with E-state index in [4.69, 9.17) is 5.10 Å². The number of fused-ring (bicyclic) bond motifs is 1. The lowest BCUT2D eigenvalue weighted by atomic mass is 9.94. The molecule has 24 heavy (non-hydrogen) atoms. The van der Waals surface area contributed by atoms with Crippen LogP contribution in [0.4, 0.5) is 0 Å². The minimum absolute atomic E-state index is 0.0297. The summed E-state index contributed by atoms with van der Waals surface area (Å²) < 4.78 is 2.04. The molecule has 1 amide bonds. The second kappa shape index (κ2) is 7.23. The molecule has 0 aromatic carbocycles. The molecule has 3 rings (SSSR count). The van der Waals surface area contributed by atoms with E-state index >= 15 is 0 Å². The Hall–Kier alpha value is -2.05. The Kier molecular flexibility index (Phi) is 5.06. The number of nitrogens with one attached hydrogen (secondary N) is 3. The summed E-state index contributed by atoms with van der Waals surface area (Å²) in [6.45, 7) is 4.55. The number of amides is 1. The van der Waals surface area contributed by atoms with E-state index in [0.29, 0.717) is 24.1 Å². The fraction of sp³-hybridized carbons (Fsp3) is 0.706. The van der Waals surface area contributed by atoms with Crippen molar-refractivity contribution < 1.29 is 4.79 Å². The van der Waals surface area contributed by atoms with Crippen molar-refractivity contribution in [2.45, 2.75) is 64.1 Å². The summed E-state index contributed by atoms with van der Waals surface area (Å²) in [5, 5.41) is 14.2. The molecule has 2 aliphatic rings. The molecule has 1 saturated carbocycles. The van der Waals surface area contributed by atoms with Crippen molar-refractivity contribution in [3.8, 4) is 0 Å². The highest BCUT2D eigenvalue weighted by molar-refractivity contribution is 5.86. The predicted octanol–water partition coefficient (Wildman–Crippen LogP) is 0.765. The molecule has 132 valence electrons. The Morgan fingerprint density at radius 3 is 2.79 bits per heavy atom. The van der Waals surface area contributed by atoms with Crippen molar-refractivity contribution in [2.75, 3.05) is 13.6 Å². The van der Waals surface area contributed by atoms with Crippen LogP contribution < -0.4 is 16.0 Å². The quantitative estimate of drug-likeness (QED) is 0.549. The fourth-order valence-electron chi connectivity index (χ4n) is 2.96. The molecule has 1 heterocycles. The van der Waals surface area contributed by atoms with Crippen LogP contribution in [-0.4, -0.2) is 47.3 Å². The summed E-state index contributed by atoms with van der Waals surface area (Å²) in [6.07, 6.45) is 7.35. The number of aromatic nitrogens is 2. The Labute approximate surface area is 143 Å². The number of aliphatic imine (C=N–C) groups is 1.